The number of hydrogen-bond donors (Lipinski definition) is 1. The Bertz CT molecular complexity index is 380. The van der Waals surface area contributed by atoms with E-state index in [-0.39, 0.29) is 11.9 Å². The Morgan fingerprint density at radius 1 is 1.41 bits per heavy atom. The van der Waals surface area contributed by atoms with Crippen LogP contribution in [0, 0.1) is 12.7 Å². The highest BCUT2D eigenvalue weighted by molar-refractivity contribution is 5.28. The Morgan fingerprint density at radius 3 is 2.94 bits per heavy atom. The first-order chi connectivity index (χ1) is 8.20. The van der Waals surface area contributed by atoms with E-state index in [4.69, 9.17) is 4.74 Å². The fourth-order valence-corrected chi connectivity index (χ4v) is 2.38. The molecule has 1 aliphatic carbocycles. The van der Waals surface area contributed by atoms with Crippen molar-refractivity contribution in [3.05, 3.63) is 29.6 Å². The van der Waals surface area contributed by atoms with Crippen molar-refractivity contribution in [1.82, 2.24) is 5.32 Å². The van der Waals surface area contributed by atoms with Crippen molar-refractivity contribution in [2.45, 2.75) is 45.3 Å². The molecular formula is C14H20FNO. The van der Waals surface area contributed by atoms with E-state index in [9.17, 15) is 4.39 Å². The minimum atomic E-state index is -0.194. The Morgan fingerprint density at radius 2 is 2.24 bits per heavy atom. The average Bonchev–Trinajstić information content (AvgIpc) is 2.72. The highest BCUT2D eigenvalue weighted by atomic mass is 19.1. The summed E-state index contributed by atoms with van der Waals surface area (Å²) in [6, 6.07) is 5.50. The molecule has 2 nitrogen and oxygen atoms in total. The highest BCUT2D eigenvalue weighted by Gasteiger charge is 2.28. The van der Waals surface area contributed by atoms with Gasteiger partial charge in [0.15, 0.2) is 0 Å². The lowest BCUT2D eigenvalue weighted by Crippen LogP contribution is -2.38. The van der Waals surface area contributed by atoms with Crippen LogP contribution < -0.4 is 10.1 Å². The van der Waals surface area contributed by atoms with Crippen LogP contribution >= 0.6 is 0 Å². The summed E-state index contributed by atoms with van der Waals surface area (Å²) in [4.78, 5) is 0. The fraction of sp³-hybridized carbons (Fsp3) is 0.571. The Kier molecular flexibility index (Phi) is 4.00. The number of benzene rings is 1. The van der Waals surface area contributed by atoms with Gasteiger partial charge in [-0.2, -0.15) is 0 Å². The third-order valence-electron chi connectivity index (χ3n) is 3.35. The van der Waals surface area contributed by atoms with Crippen LogP contribution in [0.25, 0.3) is 0 Å². The minimum absolute atomic E-state index is 0.178. The molecule has 3 heteroatoms. The van der Waals surface area contributed by atoms with Gasteiger partial charge in [-0.3, -0.25) is 0 Å². The molecule has 0 amide bonds. The van der Waals surface area contributed by atoms with Crippen molar-refractivity contribution in [2.75, 3.05) is 6.54 Å². The van der Waals surface area contributed by atoms with Gasteiger partial charge in [-0.1, -0.05) is 13.0 Å². The predicted octanol–water partition coefficient (Wildman–Crippen LogP) is 3.04. The largest absolute Gasteiger partial charge is 0.489 e. The molecule has 1 aromatic carbocycles. The molecule has 2 unspecified atom stereocenters. The van der Waals surface area contributed by atoms with Crippen molar-refractivity contribution in [1.29, 1.82) is 0 Å². The second kappa shape index (κ2) is 5.50. The lowest BCUT2D eigenvalue weighted by Gasteiger charge is -2.22. The molecule has 0 bridgehead atoms. The first-order valence-corrected chi connectivity index (χ1v) is 6.37. The SMILES string of the molecule is CCNC1CCCC1Oc1ccc(C)c(F)c1. The first kappa shape index (κ1) is 12.4. The number of nitrogens with one attached hydrogen (secondary N) is 1. The third kappa shape index (κ3) is 2.97. The molecule has 0 aromatic heterocycles. The van der Waals surface area contributed by atoms with Gasteiger partial charge in [0.25, 0.3) is 0 Å². The van der Waals surface area contributed by atoms with Crippen LogP contribution in [0.3, 0.4) is 0 Å². The predicted molar refractivity (Wildman–Crippen MR) is 66.9 cm³/mol. The van der Waals surface area contributed by atoms with Gasteiger partial charge in [0, 0.05) is 12.1 Å². The van der Waals surface area contributed by atoms with Gasteiger partial charge >= 0.3 is 0 Å². The van der Waals surface area contributed by atoms with Gasteiger partial charge in [0.1, 0.15) is 17.7 Å². The summed E-state index contributed by atoms with van der Waals surface area (Å²) < 4.78 is 19.3. The molecular weight excluding hydrogens is 217 g/mol. The summed E-state index contributed by atoms with van der Waals surface area (Å²) >= 11 is 0. The van der Waals surface area contributed by atoms with Gasteiger partial charge in [0.05, 0.1) is 0 Å². The topological polar surface area (TPSA) is 21.3 Å². The minimum Gasteiger partial charge on any atom is -0.489 e. The van der Waals surface area contributed by atoms with E-state index in [1.54, 1.807) is 13.0 Å². The number of hydrogen-bond acceptors (Lipinski definition) is 2. The van der Waals surface area contributed by atoms with Crippen LogP contribution in [-0.4, -0.2) is 18.7 Å². The smallest absolute Gasteiger partial charge is 0.129 e. The number of likely N-dealkylation sites (N-methyl/N-ethyl adjacent to an activating group) is 1. The third-order valence-corrected chi connectivity index (χ3v) is 3.35. The molecule has 2 atom stereocenters. The van der Waals surface area contributed by atoms with Crippen molar-refractivity contribution in [2.24, 2.45) is 0 Å². The summed E-state index contributed by atoms with van der Waals surface area (Å²) in [5.74, 6) is 0.448. The molecule has 0 aliphatic heterocycles. The van der Waals surface area contributed by atoms with E-state index in [0.717, 1.165) is 19.4 Å². The molecule has 0 heterocycles. The second-order valence-electron chi connectivity index (χ2n) is 4.66. The van der Waals surface area contributed by atoms with Crippen LogP contribution in [0.2, 0.25) is 0 Å². The molecule has 1 aromatic rings. The lowest BCUT2D eigenvalue weighted by atomic mass is 10.2. The van der Waals surface area contributed by atoms with E-state index in [2.05, 4.69) is 12.2 Å². The zero-order valence-electron chi connectivity index (χ0n) is 10.5. The number of rotatable bonds is 4. The van der Waals surface area contributed by atoms with E-state index in [1.165, 1.54) is 12.5 Å². The van der Waals surface area contributed by atoms with Gasteiger partial charge in [-0.25, -0.2) is 4.39 Å². The quantitative estimate of drug-likeness (QED) is 0.869. The second-order valence-corrected chi connectivity index (χ2v) is 4.66. The van der Waals surface area contributed by atoms with Crippen LogP contribution in [0.15, 0.2) is 18.2 Å². The molecule has 1 saturated carbocycles. The molecule has 2 rings (SSSR count). The number of aryl methyl sites for hydroxylation is 1. The summed E-state index contributed by atoms with van der Waals surface area (Å²) in [6.45, 7) is 4.81. The van der Waals surface area contributed by atoms with E-state index < -0.39 is 0 Å². The van der Waals surface area contributed by atoms with Gasteiger partial charge in [-0.15, -0.1) is 0 Å². The zero-order chi connectivity index (χ0) is 12.3. The van der Waals surface area contributed by atoms with Crippen LogP contribution in [-0.2, 0) is 0 Å². The van der Waals surface area contributed by atoms with Gasteiger partial charge < -0.3 is 10.1 Å². The van der Waals surface area contributed by atoms with Crippen molar-refractivity contribution < 1.29 is 9.13 Å². The average molecular weight is 237 g/mol. The maximum atomic E-state index is 13.4. The monoisotopic (exact) mass is 237 g/mol. The fourth-order valence-electron chi connectivity index (χ4n) is 2.38. The summed E-state index contributed by atoms with van der Waals surface area (Å²) in [5.41, 5.74) is 0.659. The van der Waals surface area contributed by atoms with Crippen LogP contribution in [0.5, 0.6) is 5.75 Å². The Labute approximate surface area is 102 Å². The Balaban J connectivity index is 2.02. The maximum absolute atomic E-state index is 13.4. The zero-order valence-corrected chi connectivity index (χ0v) is 10.5. The molecule has 17 heavy (non-hydrogen) atoms. The van der Waals surface area contributed by atoms with Crippen molar-refractivity contribution in [3.63, 3.8) is 0 Å². The molecule has 1 N–H and O–H groups in total. The van der Waals surface area contributed by atoms with Crippen LogP contribution in [0.4, 0.5) is 4.39 Å². The van der Waals surface area contributed by atoms with Gasteiger partial charge in [-0.05, 0) is 44.4 Å². The van der Waals surface area contributed by atoms with Crippen molar-refractivity contribution >= 4 is 0 Å². The van der Waals surface area contributed by atoms with Gasteiger partial charge in [0.2, 0.25) is 0 Å². The normalized spacial score (nSPS) is 23.9. The van der Waals surface area contributed by atoms with Crippen molar-refractivity contribution in [3.8, 4) is 5.75 Å². The Hall–Kier alpha value is -1.09. The summed E-state index contributed by atoms with van der Waals surface area (Å²) in [5, 5.41) is 3.42. The molecule has 94 valence electrons. The first-order valence-electron chi connectivity index (χ1n) is 6.37. The van der Waals surface area contributed by atoms with E-state index in [0.29, 0.717) is 17.4 Å². The standard InChI is InChI=1S/C14H20FNO/c1-3-16-13-5-4-6-14(13)17-11-8-7-10(2)12(15)9-11/h7-9,13-14,16H,3-6H2,1-2H3. The summed E-state index contributed by atoms with van der Waals surface area (Å²) in [7, 11) is 0. The molecule has 0 radical (unpaired) electrons. The highest BCUT2D eigenvalue weighted by Crippen LogP contribution is 2.25. The number of ether oxygens (including phenoxy) is 1. The van der Waals surface area contributed by atoms with E-state index >= 15 is 0 Å². The molecule has 0 saturated heterocycles. The van der Waals surface area contributed by atoms with Crippen LogP contribution in [0.1, 0.15) is 31.7 Å². The lowest BCUT2D eigenvalue weighted by molar-refractivity contribution is 0.175. The molecule has 0 spiro atoms. The molecule has 1 aliphatic rings. The number of halogens is 1. The van der Waals surface area contributed by atoms with E-state index in [1.807, 2.05) is 6.07 Å². The molecule has 1 fully saturated rings. The maximum Gasteiger partial charge on any atom is 0.129 e. The summed E-state index contributed by atoms with van der Waals surface area (Å²) in [6.07, 6.45) is 3.55.